The number of aromatic carboxylic acids is 1. The summed E-state index contributed by atoms with van der Waals surface area (Å²) >= 11 is 0. The Morgan fingerprint density at radius 3 is 2.76 bits per heavy atom. The summed E-state index contributed by atoms with van der Waals surface area (Å²) < 4.78 is 5.25. The van der Waals surface area contributed by atoms with Gasteiger partial charge < -0.3 is 9.84 Å². The highest BCUT2D eigenvalue weighted by Gasteiger charge is 2.21. The highest BCUT2D eigenvalue weighted by molar-refractivity contribution is 5.89. The van der Waals surface area contributed by atoms with E-state index in [0.717, 1.165) is 55.9 Å². The van der Waals surface area contributed by atoms with Crippen LogP contribution in [-0.2, 0) is 13.0 Å². The Hall–Kier alpha value is -2.40. The smallest absolute Gasteiger partial charge is 0.335 e. The van der Waals surface area contributed by atoms with E-state index in [4.69, 9.17) is 4.74 Å². The maximum absolute atomic E-state index is 11.3. The monoisotopic (exact) mass is 340 g/mol. The van der Waals surface area contributed by atoms with E-state index >= 15 is 0 Å². The summed E-state index contributed by atoms with van der Waals surface area (Å²) in [7, 11) is 1.67. The fourth-order valence-corrected chi connectivity index (χ4v) is 3.47. The molecule has 2 heterocycles. The van der Waals surface area contributed by atoms with Crippen LogP contribution in [0.2, 0.25) is 0 Å². The predicted molar refractivity (Wildman–Crippen MR) is 95.9 cm³/mol. The minimum absolute atomic E-state index is 0.436. The second-order valence-corrected chi connectivity index (χ2v) is 6.57. The summed E-state index contributed by atoms with van der Waals surface area (Å²) in [4.78, 5) is 18.2. The predicted octanol–water partition coefficient (Wildman–Crippen LogP) is 3.24. The average molecular weight is 340 g/mol. The molecular weight excluding hydrogens is 316 g/mol. The molecule has 0 spiro atoms. The number of likely N-dealkylation sites (tertiary alicyclic amines) is 1. The maximum Gasteiger partial charge on any atom is 0.335 e. The number of carboxylic acids is 1. The van der Waals surface area contributed by atoms with Crippen molar-refractivity contribution >= 4 is 5.97 Å². The third kappa shape index (κ3) is 4.57. The summed E-state index contributed by atoms with van der Waals surface area (Å²) in [5, 5.41) is 9.32. The Labute approximate surface area is 148 Å². The molecule has 1 N–H and O–H groups in total. The molecule has 1 fully saturated rings. The lowest BCUT2D eigenvalue weighted by atomic mass is 9.88. The largest absolute Gasteiger partial charge is 0.497 e. The molecule has 0 unspecified atom stereocenters. The number of rotatable bonds is 6. The van der Waals surface area contributed by atoms with E-state index in [1.165, 1.54) is 0 Å². The number of benzene rings is 1. The van der Waals surface area contributed by atoms with Crippen molar-refractivity contribution < 1.29 is 14.6 Å². The molecule has 5 heteroatoms. The lowest BCUT2D eigenvalue weighted by molar-refractivity contribution is 0.0695. The molecule has 5 nitrogen and oxygen atoms in total. The maximum atomic E-state index is 11.3. The van der Waals surface area contributed by atoms with E-state index in [-0.39, 0.29) is 0 Å². The van der Waals surface area contributed by atoms with Crippen molar-refractivity contribution in [3.05, 3.63) is 59.4 Å². The number of ether oxygens (including phenoxy) is 1. The fraction of sp³-hybridized carbons (Fsp3) is 0.400. The van der Waals surface area contributed by atoms with E-state index < -0.39 is 5.97 Å². The van der Waals surface area contributed by atoms with Crippen LogP contribution in [0.15, 0.2) is 42.6 Å². The molecule has 0 amide bonds. The second kappa shape index (κ2) is 8.12. The quantitative estimate of drug-likeness (QED) is 0.875. The van der Waals surface area contributed by atoms with Gasteiger partial charge in [0.05, 0.1) is 18.4 Å². The lowest BCUT2D eigenvalue weighted by Crippen LogP contribution is -2.34. The van der Waals surface area contributed by atoms with Crippen molar-refractivity contribution in [1.82, 2.24) is 9.88 Å². The van der Waals surface area contributed by atoms with Crippen molar-refractivity contribution in [2.45, 2.75) is 25.8 Å². The van der Waals surface area contributed by atoms with Gasteiger partial charge in [-0.25, -0.2) is 4.79 Å². The topological polar surface area (TPSA) is 62.7 Å². The molecule has 0 aliphatic carbocycles. The van der Waals surface area contributed by atoms with E-state index in [2.05, 4.69) is 9.88 Å². The number of piperidine rings is 1. The van der Waals surface area contributed by atoms with Gasteiger partial charge in [0.15, 0.2) is 0 Å². The molecule has 1 aromatic heterocycles. The van der Waals surface area contributed by atoms with Crippen molar-refractivity contribution in [3.8, 4) is 5.75 Å². The first-order chi connectivity index (χ1) is 12.2. The first-order valence-electron chi connectivity index (χ1n) is 8.68. The SMILES string of the molecule is COc1ccnc(CN2CCC(Cc3ccccc3C(=O)O)CC2)c1. The van der Waals surface area contributed by atoms with E-state index in [1.807, 2.05) is 24.3 Å². The number of pyridine rings is 1. The second-order valence-electron chi connectivity index (χ2n) is 6.57. The highest BCUT2D eigenvalue weighted by atomic mass is 16.5. The van der Waals surface area contributed by atoms with Gasteiger partial charge in [0, 0.05) is 18.8 Å². The number of carbonyl (C=O) groups is 1. The summed E-state index contributed by atoms with van der Waals surface area (Å²) in [6.45, 7) is 2.85. The van der Waals surface area contributed by atoms with Crippen LogP contribution in [-0.4, -0.2) is 41.2 Å². The van der Waals surface area contributed by atoms with Crippen molar-refractivity contribution in [1.29, 1.82) is 0 Å². The van der Waals surface area contributed by atoms with Crippen LogP contribution in [0, 0.1) is 5.92 Å². The minimum Gasteiger partial charge on any atom is -0.497 e. The van der Waals surface area contributed by atoms with Crippen molar-refractivity contribution in [2.24, 2.45) is 5.92 Å². The number of nitrogens with zero attached hydrogens (tertiary/aromatic N) is 2. The summed E-state index contributed by atoms with van der Waals surface area (Å²) in [5.74, 6) is 0.539. The molecule has 2 aromatic rings. The van der Waals surface area contributed by atoms with Gasteiger partial charge in [-0.15, -0.1) is 0 Å². The molecule has 25 heavy (non-hydrogen) atoms. The number of hydrogen-bond acceptors (Lipinski definition) is 4. The normalized spacial score (nSPS) is 15.9. The Morgan fingerprint density at radius 1 is 1.28 bits per heavy atom. The van der Waals surface area contributed by atoms with Crippen LogP contribution in [0.1, 0.15) is 34.5 Å². The van der Waals surface area contributed by atoms with Gasteiger partial charge in [-0.3, -0.25) is 9.88 Å². The van der Waals surface area contributed by atoms with Gasteiger partial charge in [0.25, 0.3) is 0 Å². The van der Waals surface area contributed by atoms with Crippen LogP contribution < -0.4 is 4.74 Å². The number of hydrogen-bond donors (Lipinski definition) is 1. The van der Waals surface area contributed by atoms with E-state index in [0.29, 0.717) is 11.5 Å². The van der Waals surface area contributed by atoms with Crippen LogP contribution in [0.4, 0.5) is 0 Å². The zero-order chi connectivity index (χ0) is 17.6. The van der Waals surface area contributed by atoms with Crippen LogP contribution in [0.5, 0.6) is 5.75 Å². The zero-order valence-electron chi connectivity index (χ0n) is 14.5. The lowest BCUT2D eigenvalue weighted by Gasteiger charge is -2.32. The third-order valence-electron chi connectivity index (χ3n) is 4.87. The van der Waals surface area contributed by atoms with Gasteiger partial charge in [0.2, 0.25) is 0 Å². The van der Waals surface area contributed by atoms with Crippen molar-refractivity contribution in [3.63, 3.8) is 0 Å². The molecular formula is C20H24N2O3. The number of methoxy groups -OCH3 is 1. The molecule has 0 atom stereocenters. The Kier molecular flexibility index (Phi) is 5.66. The van der Waals surface area contributed by atoms with Gasteiger partial charge >= 0.3 is 5.97 Å². The van der Waals surface area contributed by atoms with E-state index in [9.17, 15) is 9.90 Å². The van der Waals surface area contributed by atoms with Crippen LogP contribution in [0.25, 0.3) is 0 Å². The Bertz CT molecular complexity index is 724. The average Bonchev–Trinajstić information content (AvgIpc) is 2.64. The van der Waals surface area contributed by atoms with Gasteiger partial charge in [-0.05, 0) is 56.0 Å². The minimum atomic E-state index is -0.836. The third-order valence-corrected chi connectivity index (χ3v) is 4.87. The van der Waals surface area contributed by atoms with Gasteiger partial charge in [-0.1, -0.05) is 18.2 Å². The molecule has 0 bridgehead atoms. The van der Waals surface area contributed by atoms with Gasteiger partial charge in [0.1, 0.15) is 5.75 Å². The number of carboxylic acid groups (broad SMARTS) is 1. The molecule has 1 aliphatic heterocycles. The summed E-state index contributed by atoms with van der Waals surface area (Å²) in [6, 6.07) is 11.2. The Balaban J connectivity index is 1.54. The zero-order valence-corrected chi connectivity index (χ0v) is 14.5. The van der Waals surface area contributed by atoms with Crippen molar-refractivity contribution in [2.75, 3.05) is 20.2 Å². The fourth-order valence-electron chi connectivity index (χ4n) is 3.47. The highest BCUT2D eigenvalue weighted by Crippen LogP contribution is 2.24. The molecule has 1 aromatic carbocycles. The summed E-state index contributed by atoms with van der Waals surface area (Å²) in [5.41, 5.74) is 2.41. The molecule has 0 saturated carbocycles. The number of aromatic nitrogens is 1. The first kappa shape index (κ1) is 17.4. The molecule has 132 valence electrons. The molecule has 1 saturated heterocycles. The molecule has 0 radical (unpaired) electrons. The standard InChI is InChI=1S/C20H24N2O3/c1-25-18-6-9-21-17(13-18)14-22-10-7-15(8-11-22)12-16-4-2-3-5-19(16)20(23)24/h2-6,9,13,15H,7-8,10-12,14H2,1H3,(H,23,24). The molecule has 3 rings (SSSR count). The Morgan fingerprint density at radius 2 is 2.04 bits per heavy atom. The summed E-state index contributed by atoms with van der Waals surface area (Å²) in [6.07, 6.45) is 4.79. The molecule has 1 aliphatic rings. The first-order valence-corrected chi connectivity index (χ1v) is 8.68. The van der Waals surface area contributed by atoms with E-state index in [1.54, 1.807) is 25.4 Å². The van der Waals surface area contributed by atoms with Gasteiger partial charge in [-0.2, -0.15) is 0 Å². The van der Waals surface area contributed by atoms with Crippen LogP contribution in [0.3, 0.4) is 0 Å². The van der Waals surface area contributed by atoms with Crippen LogP contribution >= 0.6 is 0 Å².